The average molecular weight is 264 g/mol. The van der Waals surface area contributed by atoms with Gasteiger partial charge in [-0.2, -0.15) is 0 Å². The molecule has 0 amide bonds. The first kappa shape index (κ1) is 11.4. The maximum Gasteiger partial charge on any atom is 0.326 e. The van der Waals surface area contributed by atoms with Crippen molar-refractivity contribution in [2.45, 2.75) is 32.2 Å². The van der Waals surface area contributed by atoms with E-state index in [2.05, 4.69) is 4.98 Å². The minimum atomic E-state index is -1.02. The second-order valence-electron chi connectivity index (χ2n) is 4.51. The molecule has 0 fully saturated rings. The van der Waals surface area contributed by atoms with Gasteiger partial charge in [-0.3, -0.25) is 9.36 Å². The number of carboxylic acids is 1. The summed E-state index contributed by atoms with van der Waals surface area (Å²) in [4.78, 5) is 29.5. The van der Waals surface area contributed by atoms with Crippen molar-refractivity contribution < 1.29 is 9.90 Å². The highest BCUT2D eigenvalue weighted by atomic mass is 32.1. The van der Waals surface area contributed by atoms with E-state index >= 15 is 0 Å². The number of aromatic nitrogens is 2. The molecule has 1 aliphatic carbocycles. The van der Waals surface area contributed by atoms with Gasteiger partial charge in [0.1, 0.15) is 10.9 Å². The number of aryl methyl sites for hydroxylation is 2. The maximum absolute atomic E-state index is 12.4. The molecule has 6 heteroatoms. The van der Waals surface area contributed by atoms with E-state index in [1.165, 1.54) is 22.7 Å². The fraction of sp³-hybridized carbons (Fsp3) is 0.417. The minimum Gasteiger partial charge on any atom is -0.480 e. The predicted molar refractivity (Wildman–Crippen MR) is 68.3 cm³/mol. The molecule has 5 nitrogen and oxygen atoms in total. The van der Waals surface area contributed by atoms with Crippen LogP contribution < -0.4 is 5.56 Å². The number of nitrogens with zero attached hydrogens (tertiary/aromatic N) is 2. The maximum atomic E-state index is 12.4. The zero-order valence-corrected chi connectivity index (χ0v) is 10.7. The standard InChI is InChI=1S/C12H12N2O3S/c1-6(12(16)17)14-5-13-10-9(11(14)15)7-3-2-4-8(7)18-10/h5-6H,2-4H2,1H3,(H,16,17). The molecule has 0 saturated heterocycles. The predicted octanol–water partition coefficient (Wildman–Crippen LogP) is 1.59. The smallest absolute Gasteiger partial charge is 0.326 e. The third kappa shape index (κ3) is 1.49. The SMILES string of the molecule is CC(C(=O)O)n1cnc2sc3c(c2c1=O)CCC3. The van der Waals surface area contributed by atoms with Gasteiger partial charge in [-0.05, 0) is 31.7 Å². The summed E-state index contributed by atoms with van der Waals surface area (Å²) in [6, 6.07) is -0.883. The normalized spacial score (nSPS) is 15.8. The molecule has 0 radical (unpaired) electrons. The second kappa shape index (κ2) is 3.91. The van der Waals surface area contributed by atoms with Gasteiger partial charge in [0.05, 0.1) is 11.7 Å². The summed E-state index contributed by atoms with van der Waals surface area (Å²) in [5.41, 5.74) is 0.855. The molecular weight excluding hydrogens is 252 g/mol. The van der Waals surface area contributed by atoms with Crippen LogP contribution in [0.2, 0.25) is 0 Å². The highest BCUT2D eigenvalue weighted by Crippen LogP contribution is 2.34. The Morgan fingerprint density at radius 3 is 3.06 bits per heavy atom. The Labute approximate surface area is 107 Å². The Kier molecular flexibility index (Phi) is 2.48. The number of rotatable bonds is 2. The van der Waals surface area contributed by atoms with E-state index in [-0.39, 0.29) is 5.56 Å². The summed E-state index contributed by atoms with van der Waals surface area (Å²) < 4.78 is 1.20. The fourth-order valence-corrected chi connectivity index (χ4v) is 3.61. The number of hydrogen-bond acceptors (Lipinski definition) is 4. The van der Waals surface area contributed by atoms with Gasteiger partial charge in [-0.25, -0.2) is 9.78 Å². The minimum absolute atomic E-state index is 0.227. The third-order valence-electron chi connectivity index (χ3n) is 3.43. The molecule has 3 rings (SSSR count). The first-order chi connectivity index (χ1) is 8.59. The summed E-state index contributed by atoms with van der Waals surface area (Å²) in [5.74, 6) is -1.02. The van der Waals surface area contributed by atoms with Gasteiger partial charge in [0.15, 0.2) is 0 Å². The van der Waals surface area contributed by atoms with Crippen molar-refractivity contribution in [2.75, 3.05) is 0 Å². The fourth-order valence-electron chi connectivity index (χ4n) is 2.39. The van der Waals surface area contributed by atoms with Crippen LogP contribution in [-0.4, -0.2) is 20.6 Å². The van der Waals surface area contributed by atoms with E-state index in [0.29, 0.717) is 5.39 Å². The topological polar surface area (TPSA) is 72.2 Å². The van der Waals surface area contributed by atoms with Crippen LogP contribution in [0, 0.1) is 0 Å². The molecule has 2 heterocycles. The van der Waals surface area contributed by atoms with Gasteiger partial charge in [0, 0.05) is 4.88 Å². The lowest BCUT2D eigenvalue weighted by Gasteiger charge is -2.09. The lowest BCUT2D eigenvalue weighted by Crippen LogP contribution is -2.28. The zero-order valence-electron chi connectivity index (χ0n) is 9.84. The summed E-state index contributed by atoms with van der Waals surface area (Å²) in [5, 5.41) is 9.62. The van der Waals surface area contributed by atoms with Gasteiger partial charge < -0.3 is 5.11 Å². The van der Waals surface area contributed by atoms with Crippen molar-refractivity contribution in [1.29, 1.82) is 0 Å². The quantitative estimate of drug-likeness (QED) is 0.894. The van der Waals surface area contributed by atoms with Crippen LogP contribution in [0.4, 0.5) is 0 Å². The molecule has 0 bridgehead atoms. The Morgan fingerprint density at radius 1 is 1.56 bits per heavy atom. The van der Waals surface area contributed by atoms with Crippen LogP contribution in [0.1, 0.15) is 29.8 Å². The molecule has 1 unspecified atom stereocenters. The molecule has 18 heavy (non-hydrogen) atoms. The largest absolute Gasteiger partial charge is 0.480 e. The summed E-state index contributed by atoms with van der Waals surface area (Å²) >= 11 is 1.56. The van der Waals surface area contributed by atoms with Crippen molar-refractivity contribution in [1.82, 2.24) is 9.55 Å². The number of hydrogen-bond donors (Lipinski definition) is 1. The van der Waals surface area contributed by atoms with Gasteiger partial charge >= 0.3 is 5.97 Å². The van der Waals surface area contributed by atoms with Crippen LogP contribution >= 0.6 is 11.3 Å². The van der Waals surface area contributed by atoms with Crippen molar-refractivity contribution in [3.05, 3.63) is 27.1 Å². The molecule has 0 saturated carbocycles. The number of carbonyl (C=O) groups is 1. The van der Waals surface area contributed by atoms with Crippen molar-refractivity contribution >= 4 is 27.5 Å². The molecule has 1 aliphatic rings. The summed E-state index contributed by atoms with van der Waals surface area (Å²) in [6.45, 7) is 1.49. The summed E-state index contributed by atoms with van der Waals surface area (Å²) in [7, 11) is 0. The van der Waals surface area contributed by atoms with E-state index < -0.39 is 12.0 Å². The number of carboxylic acid groups (broad SMARTS) is 1. The molecule has 0 spiro atoms. The van der Waals surface area contributed by atoms with Gasteiger partial charge in [-0.15, -0.1) is 11.3 Å². The van der Waals surface area contributed by atoms with E-state index in [1.807, 2.05) is 0 Å². The van der Waals surface area contributed by atoms with Crippen LogP contribution in [0.25, 0.3) is 10.2 Å². The van der Waals surface area contributed by atoms with Gasteiger partial charge in [0.2, 0.25) is 0 Å². The Bertz CT molecular complexity index is 701. The molecule has 94 valence electrons. The van der Waals surface area contributed by atoms with Crippen LogP contribution in [0.3, 0.4) is 0 Å². The Hall–Kier alpha value is -1.69. The molecular formula is C12H12N2O3S. The first-order valence-electron chi connectivity index (χ1n) is 5.84. The van der Waals surface area contributed by atoms with Crippen LogP contribution in [0.5, 0.6) is 0 Å². The van der Waals surface area contributed by atoms with Crippen molar-refractivity contribution in [3.63, 3.8) is 0 Å². The monoisotopic (exact) mass is 264 g/mol. The van der Waals surface area contributed by atoms with Crippen molar-refractivity contribution in [3.8, 4) is 0 Å². The Balaban J connectivity index is 2.29. The molecule has 0 aromatic carbocycles. The van der Waals surface area contributed by atoms with Crippen LogP contribution in [-0.2, 0) is 17.6 Å². The van der Waals surface area contributed by atoms with E-state index in [9.17, 15) is 9.59 Å². The lowest BCUT2D eigenvalue weighted by atomic mass is 10.2. The lowest BCUT2D eigenvalue weighted by molar-refractivity contribution is -0.140. The van der Waals surface area contributed by atoms with Gasteiger partial charge in [0.25, 0.3) is 5.56 Å². The number of aliphatic carboxylic acids is 1. The van der Waals surface area contributed by atoms with E-state index in [1.54, 1.807) is 11.3 Å². The second-order valence-corrected chi connectivity index (χ2v) is 5.59. The molecule has 1 atom stereocenters. The van der Waals surface area contributed by atoms with Crippen LogP contribution in [0.15, 0.2) is 11.1 Å². The highest BCUT2D eigenvalue weighted by molar-refractivity contribution is 7.18. The molecule has 0 aliphatic heterocycles. The van der Waals surface area contributed by atoms with E-state index in [0.717, 1.165) is 29.7 Å². The third-order valence-corrected chi connectivity index (χ3v) is 4.62. The number of fused-ring (bicyclic) bond motifs is 3. The molecule has 1 N–H and O–H groups in total. The van der Waals surface area contributed by atoms with E-state index in [4.69, 9.17) is 5.11 Å². The molecule has 2 aromatic heterocycles. The first-order valence-corrected chi connectivity index (χ1v) is 6.65. The average Bonchev–Trinajstić information content (AvgIpc) is 2.88. The summed E-state index contributed by atoms with van der Waals surface area (Å²) in [6.07, 6.45) is 4.32. The van der Waals surface area contributed by atoms with Crippen molar-refractivity contribution in [2.24, 2.45) is 0 Å². The van der Waals surface area contributed by atoms with Gasteiger partial charge in [-0.1, -0.05) is 0 Å². The number of thiophene rings is 1. The zero-order chi connectivity index (χ0) is 12.9. The molecule has 2 aromatic rings. The Morgan fingerprint density at radius 2 is 2.33 bits per heavy atom. The highest BCUT2D eigenvalue weighted by Gasteiger charge is 2.23.